The molecular formula is C47H30N2O. The highest BCUT2D eigenvalue weighted by molar-refractivity contribution is 6.24. The van der Waals surface area contributed by atoms with Crippen LogP contribution in [0.3, 0.4) is 0 Å². The van der Waals surface area contributed by atoms with Gasteiger partial charge >= 0.3 is 0 Å². The van der Waals surface area contributed by atoms with Crippen LogP contribution in [-0.2, 0) is 0 Å². The fourth-order valence-corrected chi connectivity index (χ4v) is 7.45. The van der Waals surface area contributed by atoms with Gasteiger partial charge < -0.3 is 8.98 Å². The van der Waals surface area contributed by atoms with Gasteiger partial charge in [-0.3, -0.25) is 0 Å². The molecule has 0 atom stereocenters. The van der Waals surface area contributed by atoms with Gasteiger partial charge in [0.15, 0.2) is 0 Å². The Balaban J connectivity index is 1.19. The van der Waals surface area contributed by atoms with Crippen molar-refractivity contribution in [3.05, 3.63) is 182 Å². The maximum absolute atomic E-state index is 7.04. The zero-order valence-electron chi connectivity index (χ0n) is 27.1. The number of aromatic nitrogens is 2. The molecule has 3 nitrogen and oxygen atoms in total. The molecule has 234 valence electrons. The number of fused-ring (bicyclic) bond motifs is 7. The normalized spacial score (nSPS) is 11.6. The van der Waals surface area contributed by atoms with Gasteiger partial charge in [0.25, 0.3) is 0 Å². The van der Waals surface area contributed by atoms with Gasteiger partial charge in [-0.25, -0.2) is 4.98 Å². The molecule has 0 amide bonds. The SMILES string of the molecule is c1ccc(-c2ccc(-n3c4ccccc4c4c5oc6c(-c7cc(-c8ccccc8)nc(-c8ccccc8)c7)cccc6c5ccc43)cc2)cc1. The van der Waals surface area contributed by atoms with Gasteiger partial charge in [-0.2, -0.15) is 0 Å². The Hall–Kier alpha value is -6.71. The number of furan rings is 1. The largest absolute Gasteiger partial charge is 0.455 e. The third-order valence-electron chi connectivity index (χ3n) is 9.81. The lowest BCUT2D eigenvalue weighted by Gasteiger charge is -2.10. The van der Waals surface area contributed by atoms with Crippen molar-refractivity contribution in [3.63, 3.8) is 0 Å². The fourth-order valence-electron chi connectivity index (χ4n) is 7.45. The second kappa shape index (κ2) is 11.5. The number of para-hydroxylation sites is 2. The van der Waals surface area contributed by atoms with Crippen molar-refractivity contribution in [2.75, 3.05) is 0 Å². The minimum absolute atomic E-state index is 0.878. The van der Waals surface area contributed by atoms with E-state index in [1.807, 2.05) is 12.1 Å². The molecule has 0 spiro atoms. The standard InChI is InChI=1S/C47H30N2O/c1-4-13-31(14-5-1)32-23-25-36(26-24-32)49-43-22-11-10-19-40(43)45-44(49)28-27-39-38-21-12-20-37(46(38)50-47(39)45)35-29-41(33-15-6-2-7-16-33)48-42(30-35)34-17-8-3-9-18-34/h1-30H. The molecule has 0 bridgehead atoms. The molecule has 0 saturated carbocycles. The minimum Gasteiger partial charge on any atom is -0.455 e. The van der Waals surface area contributed by atoms with Crippen LogP contribution in [0.5, 0.6) is 0 Å². The van der Waals surface area contributed by atoms with E-state index >= 15 is 0 Å². The summed E-state index contributed by atoms with van der Waals surface area (Å²) in [5.41, 5.74) is 13.7. The molecule has 0 aliphatic rings. The molecule has 0 aliphatic carbocycles. The van der Waals surface area contributed by atoms with Crippen LogP contribution in [0.1, 0.15) is 0 Å². The van der Waals surface area contributed by atoms with Gasteiger partial charge in [0.05, 0.1) is 27.8 Å². The number of hydrogen-bond donors (Lipinski definition) is 0. The molecule has 0 fully saturated rings. The molecule has 0 radical (unpaired) electrons. The third-order valence-corrected chi connectivity index (χ3v) is 9.81. The molecule has 0 N–H and O–H groups in total. The van der Waals surface area contributed by atoms with Gasteiger partial charge in [0, 0.05) is 38.5 Å². The molecule has 50 heavy (non-hydrogen) atoms. The fraction of sp³-hybridized carbons (Fsp3) is 0. The Kier molecular flexibility index (Phi) is 6.49. The quantitative estimate of drug-likeness (QED) is 0.188. The second-order valence-corrected chi connectivity index (χ2v) is 12.7. The smallest absolute Gasteiger partial charge is 0.145 e. The monoisotopic (exact) mass is 638 g/mol. The zero-order valence-corrected chi connectivity index (χ0v) is 27.1. The van der Waals surface area contributed by atoms with Crippen molar-refractivity contribution < 1.29 is 4.42 Å². The lowest BCUT2D eigenvalue weighted by atomic mass is 9.98. The Labute approximate surface area is 289 Å². The Bertz CT molecular complexity index is 2770. The maximum Gasteiger partial charge on any atom is 0.145 e. The summed E-state index contributed by atoms with van der Waals surface area (Å²) in [7, 11) is 0. The lowest BCUT2D eigenvalue weighted by molar-refractivity contribution is 0.674. The van der Waals surface area contributed by atoms with E-state index in [2.05, 4.69) is 174 Å². The first-order valence-corrected chi connectivity index (χ1v) is 17.0. The van der Waals surface area contributed by atoms with Crippen molar-refractivity contribution in [2.45, 2.75) is 0 Å². The number of nitrogens with zero attached hydrogens (tertiary/aromatic N) is 2. The summed E-state index contributed by atoms with van der Waals surface area (Å²) in [6, 6.07) is 64.1. The summed E-state index contributed by atoms with van der Waals surface area (Å²) in [6.07, 6.45) is 0. The topological polar surface area (TPSA) is 31.0 Å². The molecule has 0 saturated heterocycles. The van der Waals surface area contributed by atoms with E-state index in [1.54, 1.807) is 0 Å². The Morgan fingerprint density at radius 1 is 0.380 bits per heavy atom. The lowest BCUT2D eigenvalue weighted by Crippen LogP contribution is -1.93. The predicted molar refractivity (Wildman–Crippen MR) is 208 cm³/mol. The van der Waals surface area contributed by atoms with Gasteiger partial charge in [-0.15, -0.1) is 0 Å². The molecule has 10 aromatic rings. The van der Waals surface area contributed by atoms with E-state index in [1.165, 1.54) is 16.5 Å². The van der Waals surface area contributed by atoms with Crippen LogP contribution in [0.4, 0.5) is 0 Å². The van der Waals surface area contributed by atoms with Crippen LogP contribution >= 0.6 is 0 Å². The number of pyridine rings is 1. The molecule has 7 aromatic carbocycles. The summed E-state index contributed by atoms with van der Waals surface area (Å²) in [6.45, 7) is 0. The number of rotatable bonds is 5. The highest BCUT2D eigenvalue weighted by Crippen LogP contribution is 2.43. The van der Waals surface area contributed by atoms with Crippen molar-refractivity contribution >= 4 is 43.7 Å². The third kappa shape index (κ3) is 4.56. The summed E-state index contributed by atoms with van der Waals surface area (Å²) >= 11 is 0. The summed E-state index contributed by atoms with van der Waals surface area (Å²) in [4.78, 5) is 5.12. The van der Waals surface area contributed by atoms with Crippen LogP contribution in [0.2, 0.25) is 0 Å². The van der Waals surface area contributed by atoms with E-state index in [0.717, 1.165) is 77.7 Å². The molecule has 3 heteroatoms. The van der Waals surface area contributed by atoms with Crippen LogP contribution in [-0.4, -0.2) is 9.55 Å². The van der Waals surface area contributed by atoms with E-state index in [0.29, 0.717) is 0 Å². The maximum atomic E-state index is 7.04. The van der Waals surface area contributed by atoms with Crippen molar-refractivity contribution in [1.29, 1.82) is 0 Å². The van der Waals surface area contributed by atoms with Crippen LogP contribution < -0.4 is 0 Å². The Morgan fingerprint density at radius 2 is 0.940 bits per heavy atom. The van der Waals surface area contributed by atoms with Crippen molar-refractivity contribution in [2.24, 2.45) is 0 Å². The van der Waals surface area contributed by atoms with Crippen LogP contribution in [0, 0.1) is 0 Å². The average Bonchev–Trinajstić information content (AvgIpc) is 3.75. The van der Waals surface area contributed by atoms with Gasteiger partial charge in [0.1, 0.15) is 11.2 Å². The molecule has 10 rings (SSSR count). The number of hydrogen-bond acceptors (Lipinski definition) is 2. The zero-order chi connectivity index (χ0) is 33.0. The predicted octanol–water partition coefficient (Wildman–Crippen LogP) is 12.7. The highest BCUT2D eigenvalue weighted by Gasteiger charge is 2.21. The molecule has 0 unspecified atom stereocenters. The van der Waals surface area contributed by atoms with Gasteiger partial charge in [-0.05, 0) is 59.2 Å². The van der Waals surface area contributed by atoms with E-state index in [-0.39, 0.29) is 0 Å². The summed E-state index contributed by atoms with van der Waals surface area (Å²) < 4.78 is 9.40. The van der Waals surface area contributed by atoms with E-state index in [4.69, 9.17) is 9.40 Å². The number of benzene rings is 7. The van der Waals surface area contributed by atoms with Crippen LogP contribution in [0.25, 0.3) is 94.2 Å². The first-order chi connectivity index (χ1) is 24.8. The summed E-state index contributed by atoms with van der Waals surface area (Å²) in [5.74, 6) is 0. The average molecular weight is 639 g/mol. The second-order valence-electron chi connectivity index (χ2n) is 12.7. The van der Waals surface area contributed by atoms with Gasteiger partial charge in [-0.1, -0.05) is 140 Å². The van der Waals surface area contributed by atoms with Crippen molar-refractivity contribution in [1.82, 2.24) is 9.55 Å². The first-order valence-electron chi connectivity index (χ1n) is 17.0. The van der Waals surface area contributed by atoms with E-state index < -0.39 is 0 Å². The molecular weight excluding hydrogens is 609 g/mol. The molecule has 0 aliphatic heterocycles. The molecule has 3 aromatic heterocycles. The van der Waals surface area contributed by atoms with Gasteiger partial charge in [0.2, 0.25) is 0 Å². The van der Waals surface area contributed by atoms with Crippen molar-refractivity contribution in [3.8, 4) is 50.5 Å². The van der Waals surface area contributed by atoms with Crippen LogP contribution in [0.15, 0.2) is 186 Å². The van der Waals surface area contributed by atoms with E-state index in [9.17, 15) is 0 Å². The Morgan fingerprint density at radius 3 is 1.62 bits per heavy atom. The first kappa shape index (κ1) is 28.3. The summed E-state index contributed by atoms with van der Waals surface area (Å²) in [5, 5.41) is 4.50. The highest BCUT2D eigenvalue weighted by atomic mass is 16.3. The molecule has 3 heterocycles. The minimum atomic E-state index is 0.878.